The first-order valence-electron chi connectivity index (χ1n) is 7.69. The van der Waals surface area contributed by atoms with Gasteiger partial charge in [-0.2, -0.15) is 0 Å². The molecule has 2 aromatic heterocycles. The molecule has 3 aromatic rings. The fourth-order valence-electron chi connectivity index (χ4n) is 2.96. The molecule has 0 fully saturated rings. The van der Waals surface area contributed by atoms with E-state index in [1.807, 2.05) is 0 Å². The van der Waals surface area contributed by atoms with Crippen molar-refractivity contribution < 1.29 is 10.2 Å². The second-order valence-electron chi connectivity index (χ2n) is 5.94. The van der Waals surface area contributed by atoms with Gasteiger partial charge in [0, 0.05) is 30.9 Å². The average molecular weight is 364 g/mol. The van der Waals surface area contributed by atoms with Gasteiger partial charge < -0.3 is 14.8 Å². The summed E-state index contributed by atoms with van der Waals surface area (Å²) in [7, 11) is 3.00. The lowest BCUT2D eigenvalue weighted by Crippen LogP contribution is -2.36. The number of aliphatic hydroxyl groups excluding tert-OH is 2. The first-order valence-corrected chi connectivity index (χ1v) is 8.06. The lowest BCUT2D eigenvalue weighted by atomic mass is 10.1. The third-order valence-corrected chi connectivity index (χ3v) is 4.46. The van der Waals surface area contributed by atoms with Crippen LogP contribution in [0.1, 0.15) is 0 Å². The average Bonchev–Trinajstić information content (AvgIpc) is 2.97. The lowest BCUT2D eigenvalue weighted by molar-refractivity contribution is 0.0817. The summed E-state index contributed by atoms with van der Waals surface area (Å²) in [6.07, 6.45) is 0.633. The van der Waals surface area contributed by atoms with E-state index in [9.17, 15) is 14.7 Å². The quantitative estimate of drug-likeness (QED) is 0.714. The maximum atomic E-state index is 12.7. The molecule has 1 aromatic carbocycles. The zero-order valence-electron chi connectivity index (χ0n) is 13.8. The van der Waals surface area contributed by atoms with Crippen molar-refractivity contribution in [2.75, 3.05) is 6.61 Å². The molecule has 0 bridgehead atoms. The predicted octanol–water partition coefficient (Wildman–Crippen LogP) is 0.712. The first kappa shape index (κ1) is 17.5. The molecule has 0 radical (unpaired) electrons. The van der Waals surface area contributed by atoms with Crippen LogP contribution in [0, 0.1) is 0 Å². The number of nitrogens with zero attached hydrogens (tertiary/aromatic N) is 3. The fourth-order valence-corrected chi connectivity index (χ4v) is 3.15. The zero-order valence-corrected chi connectivity index (χ0v) is 14.6. The molecule has 0 aliphatic carbocycles. The number of benzene rings is 1. The van der Waals surface area contributed by atoms with Gasteiger partial charge in [0.2, 0.25) is 0 Å². The Balaban J connectivity index is 2.44. The van der Waals surface area contributed by atoms with Crippen LogP contribution in [0.4, 0.5) is 0 Å². The SMILES string of the molecule is Cn1c(=O)c2c(-c3cccc(Cl)c3)n(C[C@@H](O)CO)cc2n(C)c1=O. The fraction of sp³-hybridized carbons (Fsp3) is 0.294. The maximum Gasteiger partial charge on any atom is 0.330 e. The standard InChI is InChI=1S/C17H18ClN3O4/c1-19-13-8-21(7-12(23)9-22)15(10-4-3-5-11(18)6-10)14(13)16(24)20(2)17(19)25/h3-6,8,12,22-23H,7,9H2,1-2H3/t12-/m1/s1. The molecule has 2 N–H and O–H groups in total. The van der Waals surface area contributed by atoms with E-state index in [1.165, 1.54) is 11.6 Å². The van der Waals surface area contributed by atoms with E-state index in [-0.39, 0.29) is 6.54 Å². The minimum atomic E-state index is -0.999. The van der Waals surface area contributed by atoms with Crippen molar-refractivity contribution in [2.45, 2.75) is 12.6 Å². The van der Waals surface area contributed by atoms with Crippen LogP contribution in [0.5, 0.6) is 0 Å². The smallest absolute Gasteiger partial charge is 0.330 e. The van der Waals surface area contributed by atoms with Gasteiger partial charge in [-0.05, 0) is 12.1 Å². The van der Waals surface area contributed by atoms with Gasteiger partial charge in [0.25, 0.3) is 5.56 Å². The summed E-state index contributed by atoms with van der Waals surface area (Å²) in [5, 5.41) is 19.9. The third-order valence-electron chi connectivity index (χ3n) is 4.23. The second-order valence-corrected chi connectivity index (χ2v) is 6.38. The molecule has 3 rings (SSSR count). The Morgan fingerprint density at radius 3 is 2.56 bits per heavy atom. The van der Waals surface area contributed by atoms with E-state index in [1.54, 1.807) is 42.1 Å². The summed E-state index contributed by atoms with van der Waals surface area (Å²) in [5.74, 6) is 0. The van der Waals surface area contributed by atoms with Gasteiger partial charge in [0.05, 0.1) is 35.9 Å². The van der Waals surface area contributed by atoms with Crippen LogP contribution in [0.25, 0.3) is 22.2 Å². The number of halogens is 1. The van der Waals surface area contributed by atoms with Gasteiger partial charge in [-0.1, -0.05) is 23.7 Å². The van der Waals surface area contributed by atoms with Crippen LogP contribution >= 0.6 is 11.6 Å². The summed E-state index contributed by atoms with van der Waals surface area (Å²) < 4.78 is 4.09. The van der Waals surface area contributed by atoms with Crippen molar-refractivity contribution in [3.8, 4) is 11.3 Å². The van der Waals surface area contributed by atoms with Crippen LogP contribution in [-0.4, -0.2) is 36.6 Å². The monoisotopic (exact) mass is 363 g/mol. The highest BCUT2D eigenvalue weighted by molar-refractivity contribution is 6.30. The molecule has 25 heavy (non-hydrogen) atoms. The largest absolute Gasteiger partial charge is 0.394 e. The first-order chi connectivity index (χ1) is 11.8. The van der Waals surface area contributed by atoms with Crippen molar-refractivity contribution in [3.63, 3.8) is 0 Å². The molecule has 0 aliphatic rings. The van der Waals surface area contributed by atoms with Crippen molar-refractivity contribution in [3.05, 3.63) is 56.3 Å². The number of hydrogen-bond acceptors (Lipinski definition) is 4. The zero-order chi connectivity index (χ0) is 18.3. The summed E-state index contributed by atoms with van der Waals surface area (Å²) in [6.45, 7) is -0.342. The van der Waals surface area contributed by atoms with Crippen molar-refractivity contribution in [1.29, 1.82) is 0 Å². The predicted molar refractivity (Wildman–Crippen MR) is 96.0 cm³/mol. The van der Waals surface area contributed by atoms with E-state index in [4.69, 9.17) is 16.7 Å². The van der Waals surface area contributed by atoms with Gasteiger partial charge in [-0.25, -0.2) is 4.79 Å². The molecule has 0 saturated carbocycles. The highest BCUT2D eigenvalue weighted by Crippen LogP contribution is 2.29. The maximum absolute atomic E-state index is 12.7. The lowest BCUT2D eigenvalue weighted by Gasteiger charge is -2.13. The third kappa shape index (κ3) is 2.90. The Morgan fingerprint density at radius 2 is 1.92 bits per heavy atom. The Labute approximate surface area is 147 Å². The van der Waals surface area contributed by atoms with Crippen LogP contribution in [0.2, 0.25) is 5.02 Å². The van der Waals surface area contributed by atoms with Crippen molar-refractivity contribution >= 4 is 22.5 Å². The molecular weight excluding hydrogens is 346 g/mol. The van der Waals surface area contributed by atoms with E-state index >= 15 is 0 Å². The molecule has 7 nitrogen and oxygen atoms in total. The van der Waals surface area contributed by atoms with E-state index in [2.05, 4.69) is 0 Å². The van der Waals surface area contributed by atoms with Crippen LogP contribution < -0.4 is 11.2 Å². The summed E-state index contributed by atoms with van der Waals surface area (Å²) >= 11 is 6.09. The Bertz CT molecular complexity index is 1060. The summed E-state index contributed by atoms with van der Waals surface area (Å²) in [4.78, 5) is 24.9. The molecule has 8 heteroatoms. The van der Waals surface area contributed by atoms with Gasteiger partial charge >= 0.3 is 5.69 Å². The molecule has 0 spiro atoms. The molecule has 0 saturated heterocycles. The summed E-state index contributed by atoms with van der Waals surface area (Å²) in [5.41, 5.74) is 0.818. The second kappa shape index (κ2) is 6.51. The molecule has 0 aliphatic heterocycles. The summed E-state index contributed by atoms with van der Waals surface area (Å²) in [6, 6.07) is 6.99. The minimum absolute atomic E-state index is 0.0738. The van der Waals surface area contributed by atoms with Crippen molar-refractivity contribution in [1.82, 2.24) is 13.7 Å². The highest BCUT2D eigenvalue weighted by atomic mass is 35.5. The molecule has 0 unspecified atom stereocenters. The number of aliphatic hydroxyl groups is 2. The number of fused-ring (bicyclic) bond motifs is 1. The Hall–Kier alpha value is -2.35. The minimum Gasteiger partial charge on any atom is -0.394 e. The topological polar surface area (TPSA) is 89.4 Å². The molecule has 1 atom stereocenters. The molecular formula is C17H18ClN3O4. The van der Waals surface area contributed by atoms with Crippen molar-refractivity contribution in [2.24, 2.45) is 14.1 Å². The Kier molecular flexibility index (Phi) is 4.55. The number of rotatable bonds is 4. The number of aromatic nitrogens is 3. The highest BCUT2D eigenvalue weighted by Gasteiger charge is 2.20. The van der Waals surface area contributed by atoms with Gasteiger partial charge in [-0.15, -0.1) is 0 Å². The van der Waals surface area contributed by atoms with Crippen LogP contribution in [0.3, 0.4) is 0 Å². The molecule has 132 valence electrons. The van der Waals surface area contributed by atoms with E-state index < -0.39 is 24.0 Å². The van der Waals surface area contributed by atoms with Crippen LogP contribution in [-0.2, 0) is 20.6 Å². The van der Waals surface area contributed by atoms with Gasteiger partial charge in [-0.3, -0.25) is 13.9 Å². The van der Waals surface area contributed by atoms with E-state index in [0.717, 1.165) is 4.57 Å². The van der Waals surface area contributed by atoms with Crippen LogP contribution in [0.15, 0.2) is 40.1 Å². The van der Waals surface area contributed by atoms with Gasteiger partial charge in [0.1, 0.15) is 0 Å². The molecule has 0 amide bonds. The van der Waals surface area contributed by atoms with E-state index in [0.29, 0.717) is 27.2 Å². The molecule has 2 heterocycles. The normalized spacial score (nSPS) is 12.7. The number of aryl methyl sites for hydroxylation is 1. The van der Waals surface area contributed by atoms with Gasteiger partial charge in [0.15, 0.2) is 0 Å². The Morgan fingerprint density at radius 1 is 1.20 bits per heavy atom. The number of hydrogen-bond donors (Lipinski definition) is 2.